The van der Waals surface area contributed by atoms with E-state index in [1.807, 2.05) is 73.7 Å². The van der Waals surface area contributed by atoms with Gasteiger partial charge in [0.25, 0.3) is 5.56 Å². The molecule has 5 nitrogen and oxygen atoms in total. The first-order valence-electron chi connectivity index (χ1n) is 9.51. The van der Waals surface area contributed by atoms with Crippen LogP contribution < -0.4 is 5.56 Å². The largest absolute Gasteiger partial charge is 0.269 e. The highest BCUT2D eigenvalue weighted by atomic mass is 35.5. The van der Waals surface area contributed by atoms with E-state index in [0.717, 1.165) is 22.5 Å². The average Bonchev–Trinajstić information content (AvgIpc) is 3.20. The standard InChI is InChI=1S/C24H17ClN4O/c1-16-7-5-6-10-21(16)28-22(17-11-13-18(25)14-12-17)27-23-20(24(28)30)15-26-29(23)19-8-3-2-4-9-19/h2-15H,1H3. The van der Waals surface area contributed by atoms with Crippen molar-refractivity contribution in [1.29, 1.82) is 0 Å². The van der Waals surface area contributed by atoms with Crippen LogP contribution in [0.2, 0.25) is 5.02 Å². The number of rotatable bonds is 3. The molecule has 146 valence electrons. The van der Waals surface area contributed by atoms with Crippen LogP contribution >= 0.6 is 11.6 Å². The zero-order valence-electron chi connectivity index (χ0n) is 16.2. The van der Waals surface area contributed by atoms with E-state index in [-0.39, 0.29) is 5.56 Å². The fourth-order valence-electron chi connectivity index (χ4n) is 3.56. The lowest BCUT2D eigenvalue weighted by Crippen LogP contribution is -2.22. The highest BCUT2D eigenvalue weighted by Gasteiger charge is 2.19. The zero-order valence-corrected chi connectivity index (χ0v) is 16.9. The molecular formula is C24H17ClN4O. The fourth-order valence-corrected chi connectivity index (χ4v) is 3.68. The maximum atomic E-state index is 13.6. The Bertz CT molecular complexity index is 1420. The van der Waals surface area contributed by atoms with Crippen LogP contribution in [0.4, 0.5) is 0 Å². The first-order chi connectivity index (χ1) is 14.6. The predicted molar refractivity (Wildman–Crippen MR) is 120 cm³/mol. The van der Waals surface area contributed by atoms with Gasteiger partial charge in [-0.1, -0.05) is 48.0 Å². The fraction of sp³-hybridized carbons (Fsp3) is 0.0417. The van der Waals surface area contributed by atoms with Gasteiger partial charge in [0, 0.05) is 10.6 Å². The summed E-state index contributed by atoms with van der Waals surface area (Å²) in [6.45, 7) is 1.98. The second-order valence-electron chi connectivity index (χ2n) is 7.00. The molecule has 0 aliphatic heterocycles. The molecule has 0 spiro atoms. The van der Waals surface area contributed by atoms with Gasteiger partial charge < -0.3 is 0 Å². The lowest BCUT2D eigenvalue weighted by molar-refractivity contribution is 0.887. The molecule has 2 aromatic heterocycles. The third-order valence-corrected chi connectivity index (χ3v) is 5.31. The van der Waals surface area contributed by atoms with E-state index in [2.05, 4.69) is 5.10 Å². The Morgan fingerprint density at radius 1 is 0.867 bits per heavy atom. The molecule has 30 heavy (non-hydrogen) atoms. The van der Waals surface area contributed by atoms with Gasteiger partial charge in [-0.3, -0.25) is 9.36 Å². The van der Waals surface area contributed by atoms with E-state index in [0.29, 0.717) is 21.9 Å². The summed E-state index contributed by atoms with van der Waals surface area (Å²) in [5.74, 6) is 0.538. The van der Waals surface area contributed by atoms with Gasteiger partial charge in [-0.05, 0) is 55.0 Å². The van der Waals surface area contributed by atoms with Crippen molar-refractivity contribution in [3.05, 3.63) is 106 Å². The smallest absolute Gasteiger partial charge is 0.268 e. The van der Waals surface area contributed by atoms with Crippen LogP contribution in [0, 0.1) is 6.92 Å². The van der Waals surface area contributed by atoms with Crippen molar-refractivity contribution < 1.29 is 0 Å². The molecule has 0 atom stereocenters. The zero-order chi connectivity index (χ0) is 20.7. The number of aromatic nitrogens is 4. The van der Waals surface area contributed by atoms with Crippen LogP contribution in [0.3, 0.4) is 0 Å². The van der Waals surface area contributed by atoms with Gasteiger partial charge in [0.1, 0.15) is 11.2 Å². The molecule has 0 aliphatic carbocycles. The Morgan fingerprint density at radius 3 is 2.30 bits per heavy atom. The molecule has 0 saturated carbocycles. The number of benzene rings is 3. The third kappa shape index (κ3) is 3.00. The SMILES string of the molecule is Cc1ccccc1-n1c(-c2ccc(Cl)cc2)nc2c(cnn2-c2ccccc2)c1=O. The topological polar surface area (TPSA) is 52.7 Å². The molecule has 0 unspecified atom stereocenters. The Hall–Kier alpha value is -3.70. The van der Waals surface area contributed by atoms with Crippen molar-refractivity contribution in [2.45, 2.75) is 6.92 Å². The number of halogens is 1. The number of aryl methyl sites for hydroxylation is 1. The van der Waals surface area contributed by atoms with Gasteiger partial charge in [-0.15, -0.1) is 0 Å². The van der Waals surface area contributed by atoms with E-state index < -0.39 is 0 Å². The quantitative estimate of drug-likeness (QED) is 0.409. The van der Waals surface area contributed by atoms with E-state index in [9.17, 15) is 4.79 Å². The monoisotopic (exact) mass is 412 g/mol. The summed E-state index contributed by atoms with van der Waals surface area (Å²) in [6, 6.07) is 24.8. The molecule has 2 heterocycles. The molecular weight excluding hydrogens is 396 g/mol. The number of para-hydroxylation sites is 2. The molecule has 0 saturated heterocycles. The summed E-state index contributed by atoms with van der Waals surface area (Å²) < 4.78 is 3.34. The van der Waals surface area contributed by atoms with Crippen LogP contribution in [-0.2, 0) is 0 Å². The van der Waals surface area contributed by atoms with Crippen molar-refractivity contribution in [2.24, 2.45) is 0 Å². The van der Waals surface area contributed by atoms with Gasteiger partial charge in [-0.25, -0.2) is 9.67 Å². The van der Waals surface area contributed by atoms with Gasteiger partial charge in [0.15, 0.2) is 5.65 Å². The summed E-state index contributed by atoms with van der Waals surface area (Å²) >= 11 is 6.09. The molecule has 0 fully saturated rings. The molecule has 0 bridgehead atoms. The van der Waals surface area contributed by atoms with Crippen molar-refractivity contribution in [3.8, 4) is 22.8 Å². The van der Waals surface area contributed by atoms with E-state index in [4.69, 9.17) is 16.6 Å². The molecule has 5 rings (SSSR count). The van der Waals surface area contributed by atoms with Crippen molar-refractivity contribution >= 4 is 22.6 Å². The minimum atomic E-state index is -0.165. The minimum absolute atomic E-state index is 0.165. The molecule has 6 heteroatoms. The van der Waals surface area contributed by atoms with Gasteiger partial charge in [-0.2, -0.15) is 5.10 Å². The molecule has 0 amide bonds. The van der Waals surface area contributed by atoms with Gasteiger partial charge >= 0.3 is 0 Å². The average molecular weight is 413 g/mol. The van der Waals surface area contributed by atoms with E-state index in [1.165, 1.54) is 0 Å². The highest BCUT2D eigenvalue weighted by Crippen LogP contribution is 2.25. The van der Waals surface area contributed by atoms with Crippen LogP contribution in [0.1, 0.15) is 5.56 Å². The molecule has 0 radical (unpaired) electrons. The second-order valence-corrected chi connectivity index (χ2v) is 7.43. The number of hydrogen-bond acceptors (Lipinski definition) is 3. The lowest BCUT2D eigenvalue weighted by atomic mass is 10.1. The minimum Gasteiger partial charge on any atom is -0.268 e. The Balaban J connectivity index is 1.88. The van der Waals surface area contributed by atoms with Crippen molar-refractivity contribution in [2.75, 3.05) is 0 Å². The van der Waals surface area contributed by atoms with Crippen LogP contribution in [-0.4, -0.2) is 19.3 Å². The van der Waals surface area contributed by atoms with Crippen molar-refractivity contribution in [3.63, 3.8) is 0 Å². The maximum Gasteiger partial charge on any atom is 0.269 e. The number of fused-ring (bicyclic) bond motifs is 1. The molecule has 0 aliphatic rings. The van der Waals surface area contributed by atoms with E-state index in [1.54, 1.807) is 27.6 Å². The maximum absolute atomic E-state index is 13.6. The molecule has 5 aromatic rings. The van der Waals surface area contributed by atoms with Crippen molar-refractivity contribution in [1.82, 2.24) is 19.3 Å². The van der Waals surface area contributed by atoms with Gasteiger partial charge in [0.05, 0.1) is 17.6 Å². The van der Waals surface area contributed by atoms with Crippen LogP contribution in [0.15, 0.2) is 89.9 Å². The highest BCUT2D eigenvalue weighted by molar-refractivity contribution is 6.30. The summed E-state index contributed by atoms with van der Waals surface area (Å²) in [6.07, 6.45) is 1.58. The van der Waals surface area contributed by atoms with Crippen LogP contribution in [0.25, 0.3) is 33.8 Å². The second kappa shape index (κ2) is 7.28. The predicted octanol–water partition coefficient (Wildman–Crippen LogP) is 5.20. The van der Waals surface area contributed by atoms with Crippen LogP contribution in [0.5, 0.6) is 0 Å². The Kier molecular flexibility index (Phi) is 4.45. The summed E-state index contributed by atoms with van der Waals surface area (Å²) in [5.41, 5.74) is 3.75. The Labute approximate surface area is 177 Å². The van der Waals surface area contributed by atoms with E-state index >= 15 is 0 Å². The summed E-state index contributed by atoms with van der Waals surface area (Å²) in [7, 11) is 0. The molecule has 3 aromatic carbocycles. The molecule has 0 N–H and O–H groups in total. The first-order valence-corrected chi connectivity index (χ1v) is 9.89. The summed E-state index contributed by atoms with van der Waals surface area (Å²) in [4.78, 5) is 18.5. The Morgan fingerprint density at radius 2 is 1.57 bits per heavy atom. The third-order valence-electron chi connectivity index (χ3n) is 5.06. The normalized spacial score (nSPS) is 11.1. The van der Waals surface area contributed by atoms with Gasteiger partial charge in [0.2, 0.25) is 0 Å². The summed E-state index contributed by atoms with van der Waals surface area (Å²) in [5, 5.41) is 5.53. The lowest BCUT2D eigenvalue weighted by Gasteiger charge is -2.15. The first kappa shape index (κ1) is 18.3. The number of hydrogen-bond donors (Lipinski definition) is 0. The number of nitrogens with zero attached hydrogens (tertiary/aromatic N) is 4.